The Balaban J connectivity index is 1.59. The zero-order chi connectivity index (χ0) is 17.0. The number of nitrogens with zero attached hydrogens (tertiary/aromatic N) is 2. The molecule has 0 saturated carbocycles. The molecule has 0 spiro atoms. The van der Waals surface area contributed by atoms with Crippen LogP contribution in [0.1, 0.15) is 18.5 Å². The Morgan fingerprint density at radius 1 is 1.29 bits per heavy atom. The molecule has 130 valence electrons. The molecule has 0 aliphatic carbocycles. The van der Waals surface area contributed by atoms with Crippen LogP contribution >= 0.6 is 11.3 Å². The third kappa shape index (κ3) is 3.88. The number of para-hydroxylation sites is 1. The Morgan fingerprint density at radius 2 is 2.04 bits per heavy atom. The zero-order valence-corrected chi connectivity index (χ0v) is 15.2. The summed E-state index contributed by atoms with van der Waals surface area (Å²) in [5, 5.41) is 3.04. The van der Waals surface area contributed by atoms with Gasteiger partial charge < -0.3 is 9.64 Å². The van der Waals surface area contributed by atoms with Crippen molar-refractivity contribution in [3.63, 3.8) is 0 Å². The number of thiazole rings is 1. The number of rotatable bonds is 7. The lowest BCUT2D eigenvalue weighted by molar-refractivity contribution is 0.402. The molecule has 3 rings (SSSR count). The molecule has 6 nitrogen and oxygen atoms in total. The molecular formula is C16H21N3O3S2. The number of nitrogens with one attached hydrogen (secondary N) is 1. The lowest BCUT2D eigenvalue weighted by Gasteiger charge is -2.12. The maximum atomic E-state index is 12.4. The topological polar surface area (TPSA) is 71.5 Å². The molecule has 1 aromatic carbocycles. The van der Waals surface area contributed by atoms with Crippen LogP contribution in [0, 0.1) is 0 Å². The smallest absolute Gasteiger partial charge is 0.244 e. The van der Waals surface area contributed by atoms with Crippen molar-refractivity contribution in [1.82, 2.24) is 9.71 Å². The summed E-state index contributed by atoms with van der Waals surface area (Å²) in [5.41, 5.74) is 0.921. The van der Waals surface area contributed by atoms with Gasteiger partial charge in [-0.15, -0.1) is 11.3 Å². The van der Waals surface area contributed by atoms with Gasteiger partial charge in [0, 0.05) is 31.4 Å². The fraction of sp³-hybridized carbons (Fsp3) is 0.438. The van der Waals surface area contributed by atoms with Crippen molar-refractivity contribution in [2.24, 2.45) is 0 Å². The van der Waals surface area contributed by atoms with Gasteiger partial charge in [-0.25, -0.2) is 18.1 Å². The maximum Gasteiger partial charge on any atom is 0.244 e. The summed E-state index contributed by atoms with van der Waals surface area (Å²) in [6.07, 6.45) is 3.00. The summed E-state index contributed by atoms with van der Waals surface area (Å²) in [6, 6.07) is 6.60. The second-order valence-electron chi connectivity index (χ2n) is 5.61. The molecule has 0 bridgehead atoms. The molecule has 1 fully saturated rings. The SMILES string of the molecule is COc1ccccc1S(=O)(=O)NCCc1csc(N2CCCC2)n1. The summed E-state index contributed by atoms with van der Waals surface area (Å²) in [4.78, 5) is 7.04. The number of anilines is 1. The first-order chi connectivity index (χ1) is 11.6. The van der Waals surface area contributed by atoms with Gasteiger partial charge in [-0.05, 0) is 25.0 Å². The average Bonchev–Trinajstić information content (AvgIpc) is 3.26. The third-order valence-corrected chi connectivity index (χ3v) is 6.40. The van der Waals surface area contributed by atoms with E-state index in [0.717, 1.165) is 23.9 Å². The highest BCUT2D eigenvalue weighted by Gasteiger charge is 2.19. The van der Waals surface area contributed by atoms with Gasteiger partial charge in [-0.2, -0.15) is 0 Å². The summed E-state index contributed by atoms with van der Waals surface area (Å²) in [5.74, 6) is 0.343. The Labute approximate surface area is 146 Å². The number of benzene rings is 1. The van der Waals surface area contributed by atoms with E-state index in [2.05, 4.69) is 14.6 Å². The molecule has 0 unspecified atom stereocenters. The Bertz CT molecular complexity index is 783. The average molecular weight is 367 g/mol. The van der Waals surface area contributed by atoms with Crippen LogP contribution in [0.3, 0.4) is 0 Å². The lowest BCUT2D eigenvalue weighted by atomic mass is 10.3. The largest absolute Gasteiger partial charge is 0.495 e. The highest BCUT2D eigenvalue weighted by Crippen LogP contribution is 2.25. The summed E-state index contributed by atoms with van der Waals surface area (Å²) in [7, 11) is -2.13. The van der Waals surface area contributed by atoms with Crippen LogP contribution in [-0.2, 0) is 16.4 Å². The van der Waals surface area contributed by atoms with Crippen LogP contribution in [0.25, 0.3) is 0 Å². The third-order valence-electron chi connectivity index (χ3n) is 3.95. The van der Waals surface area contributed by atoms with Crippen molar-refractivity contribution >= 4 is 26.5 Å². The molecule has 0 amide bonds. The summed E-state index contributed by atoms with van der Waals surface area (Å²) >= 11 is 1.62. The molecule has 1 N–H and O–H groups in total. The molecule has 2 heterocycles. The number of ether oxygens (including phenoxy) is 1. The first kappa shape index (κ1) is 17.2. The van der Waals surface area contributed by atoms with E-state index < -0.39 is 10.0 Å². The fourth-order valence-electron chi connectivity index (χ4n) is 2.70. The van der Waals surface area contributed by atoms with E-state index in [1.165, 1.54) is 26.0 Å². The molecule has 1 aliphatic heterocycles. The quantitative estimate of drug-likeness (QED) is 0.813. The second kappa shape index (κ2) is 7.50. The van der Waals surface area contributed by atoms with Gasteiger partial charge in [0.25, 0.3) is 0 Å². The Morgan fingerprint density at radius 3 is 2.79 bits per heavy atom. The summed E-state index contributed by atoms with van der Waals surface area (Å²) in [6.45, 7) is 2.43. The van der Waals surface area contributed by atoms with Crippen LogP contribution in [-0.4, -0.2) is 40.1 Å². The minimum Gasteiger partial charge on any atom is -0.495 e. The standard InChI is InChI=1S/C16H21N3O3S2/c1-22-14-6-2-3-7-15(14)24(20,21)17-9-8-13-12-23-16(18-13)19-10-4-5-11-19/h2-3,6-7,12,17H,4-5,8-11H2,1H3. The van der Waals surface area contributed by atoms with Crippen LogP contribution in [0.2, 0.25) is 0 Å². The van der Waals surface area contributed by atoms with Crippen molar-refractivity contribution in [3.05, 3.63) is 35.3 Å². The molecule has 24 heavy (non-hydrogen) atoms. The molecule has 2 aromatic rings. The molecule has 1 aromatic heterocycles. The minimum absolute atomic E-state index is 0.156. The number of hydrogen-bond acceptors (Lipinski definition) is 6. The highest BCUT2D eigenvalue weighted by molar-refractivity contribution is 7.89. The van der Waals surface area contributed by atoms with E-state index in [9.17, 15) is 8.42 Å². The van der Waals surface area contributed by atoms with E-state index in [0.29, 0.717) is 18.7 Å². The van der Waals surface area contributed by atoms with Gasteiger partial charge in [-0.3, -0.25) is 0 Å². The first-order valence-corrected chi connectivity index (χ1v) is 10.3. The number of sulfonamides is 1. The van der Waals surface area contributed by atoms with E-state index >= 15 is 0 Å². The van der Waals surface area contributed by atoms with E-state index in [1.807, 2.05) is 5.38 Å². The predicted molar refractivity (Wildman–Crippen MR) is 95.4 cm³/mol. The van der Waals surface area contributed by atoms with Crippen molar-refractivity contribution < 1.29 is 13.2 Å². The zero-order valence-electron chi connectivity index (χ0n) is 13.6. The highest BCUT2D eigenvalue weighted by atomic mass is 32.2. The molecule has 1 saturated heterocycles. The van der Waals surface area contributed by atoms with E-state index in [4.69, 9.17) is 4.74 Å². The van der Waals surface area contributed by atoms with Gasteiger partial charge in [0.2, 0.25) is 10.0 Å². The van der Waals surface area contributed by atoms with Crippen molar-refractivity contribution in [3.8, 4) is 5.75 Å². The van der Waals surface area contributed by atoms with Crippen LogP contribution < -0.4 is 14.4 Å². The van der Waals surface area contributed by atoms with Crippen LogP contribution in [0.5, 0.6) is 5.75 Å². The number of aromatic nitrogens is 1. The monoisotopic (exact) mass is 367 g/mol. The molecule has 0 atom stereocenters. The van der Waals surface area contributed by atoms with Gasteiger partial charge in [0.1, 0.15) is 10.6 Å². The lowest BCUT2D eigenvalue weighted by Crippen LogP contribution is -2.26. The summed E-state index contributed by atoms with van der Waals surface area (Å²) < 4.78 is 32.5. The predicted octanol–water partition coefficient (Wildman–Crippen LogP) is 2.27. The fourth-order valence-corrected chi connectivity index (χ4v) is 4.81. The first-order valence-electron chi connectivity index (χ1n) is 7.92. The van der Waals surface area contributed by atoms with Gasteiger partial charge in [0.15, 0.2) is 5.13 Å². The normalized spacial score (nSPS) is 15.0. The van der Waals surface area contributed by atoms with Crippen LogP contribution in [0.15, 0.2) is 34.5 Å². The van der Waals surface area contributed by atoms with E-state index in [1.54, 1.807) is 29.5 Å². The van der Waals surface area contributed by atoms with Crippen LogP contribution in [0.4, 0.5) is 5.13 Å². The van der Waals surface area contributed by atoms with Crippen molar-refractivity contribution in [2.75, 3.05) is 31.6 Å². The van der Waals surface area contributed by atoms with Gasteiger partial charge in [-0.1, -0.05) is 12.1 Å². The molecular weight excluding hydrogens is 346 g/mol. The van der Waals surface area contributed by atoms with Gasteiger partial charge in [0.05, 0.1) is 12.8 Å². The Kier molecular flexibility index (Phi) is 5.37. The van der Waals surface area contributed by atoms with Gasteiger partial charge >= 0.3 is 0 Å². The second-order valence-corrected chi connectivity index (χ2v) is 8.19. The maximum absolute atomic E-state index is 12.4. The van der Waals surface area contributed by atoms with Crippen molar-refractivity contribution in [1.29, 1.82) is 0 Å². The minimum atomic E-state index is -3.59. The molecule has 0 radical (unpaired) electrons. The molecule has 8 heteroatoms. The Hall–Kier alpha value is -1.64. The number of methoxy groups -OCH3 is 1. The number of hydrogen-bond donors (Lipinski definition) is 1. The molecule has 1 aliphatic rings. The van der Waals surface area contributed by atoms with E-state index in [-0.39, 0.29) is 4.90 Å². The van der Waals surface area contributed by atoms with Crippen molar-refractivity contribution in [2.45, 2.75) is 24.2 Å².